The van der Waals surface area contributed by atoms with Gasteiger partial charge in [0.25, 0.3) is 5.91 Å². The van der Waals surface area contributed by atoms with E-state index in [9.17, 15) is 27.6 Å². The highest BCUT2D eigenvalue weighted by Gasteiger charge is 2.43. The van der Waals surface area contributed by atoms with Gasteiger partial charge in [-0.25, -0.2) is 18.2 Å². The van der Waals surface area contributed by atoms with Crippen molar-refractivity contribution in [3.63, 3.8) is 0 Å². The van der Waals surface area contributed by atoms with Gasteiger partial charge in [-0.2, -0.15) is 0 Å². The molecule has 1 saturated heterocycles. The van der Waals surface area contributed by atoms with Crippen LogP contribution in [0.4, 0.5) is 4.79 Å². The third-order valence-electron chi connectivity index (χ3n) is 11.4. The van der Waals surface area contributed by atoms with Crippen LogP contribution in [0.1, 0.15) is 77.7 Å². The first-order valence-corrected chi connectivity index (χ1v) is 22.9. The molecule has 3 aromatic carbocycles. The van der Waals surface area contributed by atoms with Crippen LogP contribution < -0.4 is 30.1 Å². The van der Waals surface area contributed by atoms with Gasteiger partial charge in [0.15, 0.2) is 0 Å². The molecule has 4 aromatic rings. The van der Waals surface area contributed by atoms with E-state index in [1.165, 1.54) is 11.3 Å². The molecular formula is C46H58N6O8S. The molecule has 1 aliphatic heterocycles. The molecule has 2 fully saturated rings. The molecule has 0 spiro atoms. The Kier molecular flexibility index (Phi) is 15.2. The minimum atomic E-state index is -4.10. The van der Waals surface area contributed by atoms with Crippen LogP contribution in [-0.4, -0.2) is 86.5 Å². The fourth-order valence-corrected chi connectivity index (χ4v) is 9.22. The molecular weight excluding hydrogens is 797 g/mol. The maximum Gasteiger partial charge on any atom is 0.318 e. The molecule has 0 bridgehead atoms. The third kappa shape index (κ3) is 12.0. The first-order valence-electron chi connectivity index (χ1n) is 21.3. The van der Waals surface area contributed by atoms with Crippen LogP contribution >= 0.6 is 0 Å². The second-order valence-corrected chi connectivity index (χ2v) is 18.1. The number of nitrogens with one attached hydrogen (secondary N) is 4. The number of rotatable bonds is 17. The lowest BCUT2D eigenvalue weighted by atomic mass is 9.89. The van der Waals surface area contributed by atoms with Gasteiger partial charge in [0, 0.05) is 36.0 Å². The van der Waals surface area contributed by atoms with Crippen LogP contribution in [0.2, 0.25) is 0 Å². The van der Waals surface area contributed by atoms with Gasteiger partial charge in [0.05, 0.1) is 30.6 Å². The summed E-state index contributed by atoms with van der Waals surface area (Å²) in [5, 5.41) is 9.39. The lowest BCUT2D eigenvalue weighted by molar-refractivity contribution is -0.130. The highest BCUT2D eigenvalue weighted by Crippen LogP contribution is 2.35. The maximum absolute atomic E-state index is 14.3. The number of benzene rings is 3. The van der Waals surface area contributed by atoms with Crippen molar-refractivity contribution < 1.29 is 37.1 Å². The van der Waals surface area contributed by atoms with Gasteiger partial charge in [-0.3, -0.25) is 19.1 Å². The van der Waals surface area contributed by atoms with Crippen LogP contribution in [0.25, 0.3) is 22.2 Å². The molecule has 4 N–H and O–H groups in total. The van der Waals surface area contributed by atoms with Gasteiger partial charge >= 0.3 is 6.03 Å². The largest absolute Gasteiger partial charge is 0.497 e. The quantitative estimate of drug-likeness (QED) is 0.0976. The number of fused-ring (bicyclic) bond motifs is 1. The van der Waals surface area contributed by atoms with E-state index in [4.69, 9.17) is 14.5 Å². The molecule has 0 radical (unpaired) electrons. The molecule has 6 rings (SSSR count). The highest BCUT2D eigenvalue weighted by molar-refractivity contribution is 7.89. The van der Waals surface area contributed by atoms with Crippen LogP contribution in [0, 0.1) is 11.8 Å². The van der Waals surface area contributed by atoms with Crippen LogP contribution in [0.3, 0.4) is 0 Å². The molecule has 326 valence electrons. The number of aromatic nitrogens is 1. The number of hydrogen-bond acceptors (Lipinski definition) is 9. The molecule has 2 aliphatic rings. The number of likely N-dealkylation sites (tertiary alicyclic amines) is 1. The first-order chi connectivity index (χ1) is 29.3. The number of carbonyl (C=O) groups excluding carboxylic acids is 4. The number of nitrogens with zero attached hydrogens (tertiary/aromatic N) is 2. The second kappa shape index (κ2) is 20.7. The van der Waals surface area contributed by atoms with Gasteiger partial charge in [0.2, 0.25) is 21.8 Å². The van der Waals surface area contributed by atoms with Crippen molar-refractivity contribution in [3.05, 3.63) is 90.5 Å². The normalized spacial score (nSPS) is 18.0. The van der Waals surface area contributed by atoms with Crippen LogP contribution in [0.5, 0.6) is 11.5 Å². The van der Waals surface area contributed by atoms with Crippen molar-refractivity contribution in [1.29, 1.82) is 0 Å². The summed E-state index contributed by atoms with van der Waals surface area (Å²) in [6.45, 7) is 6.00. The summed E-state index contributed by atoms with van der Waals surface area (Å²) in [7, 11) is -2.53. The fraction of sp³-hybridized carbons (Fsp3) is 0.457. The van der Waals surface area contributed by atoms with Gasteiger partial charge in [0.1, 0.15) is 35.7 Å². The van der Waals surface area contributed by atoms with Crippen molar-refractivity contribution in [2.24, 2.45) is 11.8 Å². The minimum absolute atomic E-state index is 0.0326. The number of ether oxygens (including phenoxy) is 2. The Balaban J connectivity index is 1.26. The molecule has 4 atom stereocenters. The van der Waals surface area contributed by atoms with Crippen molar-refractivity contribution >= 4 is 44.7 Å². The van der Waals surface area contributed by atoms with Crippen molar-refractivity contribution in [2.45, 2.75) is 102 Å². The Bertz CT molecular complexity index is 2250. The predicted molar refractivity (Wildman–Crippen MR) is 234 cm³/mol. The molecule has 15 heteroatoms. The Labute approximate surface area is 358 Å². The SMILES string of the molecule is CCC[C@H](NC(=O)C1CC(Oc2cc(-c3ccccc3)nc3cc(OC)ccc23)CN1C(=O)N[C@H](C(=O)NCC1CCCCC1)C(C)C)C(=O)NS(=O)(=O)Cc1ccccc1. The van der Waals surface area contributed by atoms with E-state index in [2.05, 4.69) is 20.7 Å². The zero-order valence-electron chi connectivity index (χ0n) is 35.4. The molecule has 61 heavy (non-hydrogen) atoms. The van der Waals surface area contributed by atoms with E-state index in [-0.39, 0.29) is 31.2 Å². The Morgan fingerprint density at radius 2 is 1.59 bits per heavy atom. The van der Waals surface area contributed by atoms with Crippen molar-refractivity contribution in [2.75, 3.05) is 20.2 Å². The summed E-state index contributed by atoms with van der Waals surface area (Å²) in [6.07, 6.45) is 5.48. The molecule has 5 amide bonds. The summed E-state index contributed by atoms with van der Waals surface area (Å²) in [4.78, 5) is 62.0. The predicted octanol–water partition coefficient (Wildman–Crippen LogP) is 6.09. The van der Waals surface area contributed by atoms with E-state index in [1.807, 2.05) is 69.3 Å². The average Bonchev–Trinajstić information content (AvgIpc) is 3.68. The van der Waals surface area contributed by atoms with Gasteiger partial charge in [-0.15, -0.1) is 0 Å². The summed E-state index contributed by atoms with van der Waals surface area (Å²) < 4.78 is 40.4. The fourth-order valence-electron chi connectivity index (χ4n) is 8.07. The number of methoxy groups -OCH3 is 1. The Hall–Kier alpha value is -5.70. The van der Waals surface area contributed by atoms with Gasteiger partial charge < -0.3 is 30.3 Å². The highest BCUT2D eigenvalue weighted by atomic mass is 32.2. The smallest absolute Gasteiger partial charge is 0.318 e. The van der Waals surface area contributed by atoms with E-state index < -0.39 is 57.9 Å². The molecule has 1 saturated carbocycles. The van der Waals surface area contributed by atoms with E-state index in [0.717, 1.165) is 31.2 Å². The second-order valence-electron chi connectivity index (χ2n) is 16.4. The van der Waals surface area contributed by atoms with E-state index >= 15 is 0 Å². The monoisotopic (exact) mass is 854 g/mol. The Morgan fingerprint density at radius 3 is 2.26 bits per heavy atom. The molecule has 2 unspecified atom stereocenters. The molecule has 1 aliphatic carbocycles. The standard InChI is InChI=1S/C46H58N6O8S/c1-5-15-37(43(53)51-61(57,58)29-32-18-11-7-12-19-32)49-44(54)40-25-35(28-52(40)46(56)50-42(30(2)3)45(55)47-27-31-16-9-6-10-17-31)60-41-26-38(33-20-13-8-14-21-33)48-39-24-34(59-4)22-23-36(39)41/h7-8,11-14,18-24,26,30-31,35,37,40,42H,5-6,9-10,15-17,25,27-29H2,1-4H3,(H,47,55)(H,49,54)(H,50,56)(H,51,53)/t35?,37-,40?,42-/m0/s1. The lowest BCUT2D eigenvalue weighted by Crippen LogP contribution is -2.58. The number of urea groups is 1. The zero-order chi connectivity index (χ0) is 43.5. The topological polar surface area (TPSA) is 185 Å². The van der Waals surface area contributed by atoms with Crippen molar-refractivity contribution in [1.82, 2.24) is 30.6 Å². The van der Waals surface area contributed by atoms with Gasteiger partial charge in [-0.05, 0) is 48.8 Å². The van der Waals surface area contributed by atoms with E-state index in [1.54, 1.807) is 43.5 Å². The number of sulfonamides is 1. The summed E-state index contributed by atoms with van der Waals surface area (Å²) >= 11 is 0. The summed E-state index contributed by atoms with van der Waals surface area (Å²) in [5.74, 6) is -1.06. The minimum Gasteiger partial charge on any atom is -0.497 e. The average molecular weight is 855 g/mol. The molecule has 2 heterocycles. The van der Waals surface area contributed by atoms with E-state index in [0.29, 0.717) is 52.5 Å². The molecule has 1 aromatic heterocycles. The maximum atomic E-state index is 14.3. The lowest BCUT2D eigenvalue weighted by Gasteiger charge is -2.29. The summed E-state index contributed by atoms with van der Waals surface area (Å²) in [5.41, 5.74) is 2.62. The first kappa shape index (κ1) is 44.8. The number of pyridine rings is 1. The Morgan fingerprint density at radius 1 is 0.885 bits per heavy atom. The van der Waals surface area contributed by atoms with Crippen LogP contribution in [0.15, 0.2) is 84.9 Å². The number of amides is 5. The van der Waals surface area contributed by atoms with Crippen LogP contribution in [-0.2, 0) is 30.2 Å². The molecule has 14 nitrogen and oxygen atoms in total. The van der Waals surface area contributed by atoms with Gasteiger partial charge in [-0.1, -0.05) is 107 Å². The summed E-state index contributed by atoms with van der Waals surface area (Å²) in [6, 6.07) is 21.5. The third-order valence-corrected chi connectivity index (χ3v) is 12.6. The number of hydrogen-bond donors (Lipinski definition) is 4. The van der Waals surface area contributed by atoms with Crippen molar-refractivity contribution in [3.8, 4) is 22.8 Å². The number of carbonyl (C=O) groups is 4. The zero-order valence-corrected chi connectivity index (χ0v) is 36.2.